The normalized spacial score (nSPS) is 14.2. The minimum Gasteiger partial charge on any atom is -0.464 e. The molecular weight excluding hydrogens is 729 g/mol. The first-order valence-electron chi connectivity index (χ1n) is 18.3. The maximum absolute atomic E-state index is 14.3. The quantitative estimate of drug-likeness (QED) is 0.0520. The van der Waals surface area contributed by atoms with Gasteiger partial charge in [0.05, 0.1) is 31.7 Å². The molecule has 0 spiro atoms. The van der Waals surface area contributed by atoms with Crippen LogP contribution in [0.4, 0.5) is 10.6 Å². The molecule has 2 heterocycles. The number of aromatic nitrogens is 4. The Morgan fingerprint density at radius 1 is 0.891 bits per heavy atom. The van der Waals surface area contributed by atoms with E-state index in [0.29, 0.717) is 23.3 Å². The number of ether oxygens (including phenoxy) is 4. The molecule has 1 amide bonds. The maximum atomic E-state index is 14.3. The average molecular weight is 782 g/mol. The van der Waals surface area contributed by atoms with Crippen molar-refractivity contribution in [3.63, 3.8) is 0 Å². The summed E-state index contributed by atoms with van der Waals surface area (Å²) in [6.45, 7) is 11.3. The van der Waals surface area contributed by atoms with Crippen LogP contribution in [-0.2, 0) is 52.7 Å². The second kappa shape index (κ2) is 20.6. The van der Waals surface area contributed by atoms with Crippen LogP contribution in [0.5, 0.6) is 5.75 Å². The summed E-state index contributed by atoms with van der Waals surface area (Å²) in [4.78, 5) is 51.2. The van der Waals surface area contributed by atoms with Gasteiger partial charge in [-0.1, -0.05) is 69.2 Å². The van der Waals surface area contributed by atoms with E-state index in [4.69, 9.17) is 29.2 Å². The number of hydrogen-bond acceptors (Lipinski definition) is 13. The third-order valence-electron chi connectivity index (χ3n) is 8.53. The third kappa shape index (κ3) is 13.3. The molecule has 0 aliphatic heterocycles. The van der Waals surface area contributed by atoms with Crippen molar-refractivity contribution in [3.05, 3.63) is 78.4 Å². The van der Waals surface area contributed by atoms with Gasteiger partial charge in [0.25, 0.3) is 0 Å². The first-order chi connectivity index (χ1) is 26.3. The molecule has 0 saturated heterocycles. The zero-order chi connectivity index (χ0) is 40.0. The number of carbonyl (C=O) groups is 3. The molecular formula is C38H52N7O9P. The van der Waals surface area contributed by atoms with E-state index in [1.165, 1.54) is 13.3 Å². The number of imidazole rings is 1. The van der Waals surface area contributed by atoms with Gasteiger partial charge < -0.3 is 39.1 Å². The summed E-state index contributed by atoms with van der Waals surface area (Å²) in [6, 6.07) is 13.6. The Hall–Kier alpha value is -5.05. The summed E-state index contributed by atoms with van der Waals surface area (Å²) in [5.41, 5.74) is 8.34. The first-order valence-corrected chi connectivity index (χ1v) is 20.1. The Morgan fingerprint density at radius 2 is 1.60 bits per heavy atom. The number of hydrogen-bond donors (Lipinski definition) is 3. The molecule has 0 aliphatic rings. The van der Waals surface area contributed by atoms with Gasteiger partial charge in [0.2, 0.25) is 0 Å². The lowest BCUT2D eigenvalue weighted by atomic mass is 10.0. The SMILES string of the molecule is CCC(CC)COC(=O)[C@H](Cc1ccc(O[P@](=O)(CO[C@H](C)Cn2cnc3c(N)ncnc32)N[C@@H](C)C(=O)OC(C)C)cc1)NC(=O)OCc1ccccc1. The summed E-state index contributed by atoms with van der Waals surface area (Å²) in [7, 11) is -3.92. The topological polar surface area (TPSA) is 208 Å². The number of carbonyl (C=O) groups excluding carboxylic acids is 3. The van der Waals surface area contributed by atoms with Gasteiger partial charge in [0.15, 0.2) is 11.5 Å². The van der Waals surface area contributed by atoms with E-state index in [-0.39, 0.29) is 43.2 Å². The molecule has 0 bridgehead atoms. The lowest BCUT2D eigenvalue weighted by molar-refractivity contribution is -0.149. The Labute approximate surface area is 321 Å². The fourth-order valence-electron chi connectivity index (χ4n) is 5.38. The lowest BCUT2D eigenvalue weighted by Crippen LogP contribution is -2.44. The molecule has 16 nitrogen and oxygen atoms in total. The number of nitrogens with two attached hydrogens (primary N) is 1. The van der Waals surface area contributed by atoms with Crippen molar-refractivity contribution in [1.29, 1.82) is 0 Å². The predicted molar refractivity (Wildman–Crippen MR) is 206 cm³/mol. The van der Waals surface area contributed by atoms with Crippen LogP contribution in [0.25, 0.3) is 11.2 Å². The number of nitrogen functional groups attached to an aromatic ring is 1. The largest absolute Gasteiger partial charge is 0.464 e. The Morgan fingerprint density at radius 3 is 2.27 bits per heavy atom. The highest BCUT2D eigenvalue weighted by Crippen LogP contribution is 2.44. The molecule has 17 heteroatoms. The van der Waals surface area contributed by atoms with Crippen molar-refractivity contribution in [3.8, 4) is 5.75 Å². The van der Waals surface area contributed by atoms with Gasteiger partial charge in [0.1, 0.15) is 42.6 Å². The minimum atomic E-state index is -3.92. The number of rotatable bonds is 21. The molecule has 2 aromatic carbocycles. The van der Waals surface area contributed by atoms with Gasteiger partial charge >= 0.3 is 25.6 Å². The highest BCUT2D eigenvalue weighted by molar-refractivity contribution is 7.57. The number of fused-ring (bicyclic) bond motifs is 1. The highest BCUT2D eigenvalue weighted by atomic mass is 31.2. The number of alkyl carbamates (subject to hydrolysis) is 1. The van der Waals surface area contributed by atoms with Crippen molar-refractivity contribution >= 4 is 42.5 Å². The monoisotopic (exact) mass is 781 g/mol. The number of esters is 2. The van der Waals surface area contributed by atoms with E-state index in [1.807, 2.05) is 44.2 Å². The Kier molecular flexibility index (Phi) is 16.0. The zero-order valence-corrected chi connectivity index (χ0v) is 33.1. The van der Waals surface area contributed by atoms with Crippen LogP contribution in [0.15, 0.2) is 67.3 Å². The van der Waals surface area contributed by atoms with Gasteiger partial charge in [0, 0.05) is 6.42 Å². The molecule has 4 aromatic rings. The van der Waals surface area contributed by atoms with Gasteiger partial charge in [-0.2, -0.15) is 0 Å². The number of benzene rings is 2. The van der Waals surface area contributed by atoms with Crippen LogP contribution in [0.3, 0.4) is 0 Å². The van der Waals surface area contributed by atoms with Crippen molar-refractivity contribution in [2.75, 3.05) is 18.7 Å². The van der Waals surface area contributed by atoms with Crippen LogP contribution in [0.1, 0.15) is 65.5 Å². The van der Waals surface area contributed by atoms with Crippen molar-refractivity contribution in [1.82, 2.24) is 29.9 Å². The molecule has 2 aromatic heterocycles. The van der Waals surface area contributed by atoms with E-state index in [1.54, 1.807) is 55.9 Å². The van der Waals surface area contributed by atoms with E-state index < -0.39 is 50.1 Å². The highest BCUT2D eigenvalue weighted by Gasteiger charge is 2.32. The summed E-state index contributed by atoms with van der Waals surface area (Å²) in [6.07, 6.45) is 2.62. The molecule has 55 heavy (non-hydrogen) atoms. The first kappa shape index (κ1) is 42.7. The Bertz CT molecular complexity index is 1890. The van der Waals surface area contributed by atoms with E-state index in [9.17, 15) is 18.9 Å². The second-order valence-electron chi connectivity index (χ2n) is 13.5. The van der Waals surface area contributed by atoms with E-state index in [0.717, 1.165) is 18.4 Å². The van der Waals surface area contributed by atoms with Gasteiger partial charge in [-0.15, -0.1) is 0 Å². The fourth-order valence-corrected chi connectivity index (χ4v) is 7.17. The molecule has 4 rings (SSSR count). The van der Waals surface area contributed by atoms with Crippen LogP contribution >= 0.6 is 7.52 Å². The zero-order valence-electron chi connectivity index (χ0n) is 32.2. The molecule has 0 unspecified atom stereocenters. The molecule has 0 radical (unpaired) electrons. The molecule has 0 aliphatic carbocycles. The number of nitrogens with zero attached hydrogens (tertiary/aromatic N) is 4. The minimum absolute atomic E-state index is 0.0309. The van der Waals surface area contributed by atoms with Gasteiger partial charge in [-0.25, -0.2) is 29.6 Å². The van der Waals surface area contributed by atoms with Gasteiger partial charge in [-0.3, -0.25) is 9.36 Å². The molecule has 0 saturated carbocycles. The Balaban J connectivity index is 1.46. The van der Waals surface area contributed by atoms with Crippen LogP contribution < -0.4 is 20.7 Å². The molecule has 0 fully saturated rings. The van der Waals surface area contributed by atoms with Gasteiger partial charge in [-0.05, 0) is 56.9 Å². The summed E-state index contributed by atoms with van der Waals surface area (Å²) >= 11 is 0. The number of nitrogens with one attached hydrogen (secondary N) is 2. The second-order valence-corrected chi connectivity index (χ2v) is 15.5. The van der Waals surface area contributed by atoms with E-state index >= 15 is 0 Å². The maximum Gasteiger partial charge on any atom is 0.408 e. The standard InChI is InChI=1S/C38H52N7O9P/c1-7-28(8-2)20-50-37(47)32(43-38(48)51-21-30-12-10-9-11-13-30)18-29-14-16-31(17-15-29)54-55(49,44-27(6)36(46)53-25(3)4)24-52-26(5)19-45-23-42-33-34(39)40-22-41-35(33)45/h9-17,22-23,25-28,32H,7-8,18-21,24H2,1-6H3,(H,43,48)(H,44,49)(H2,39,40,41)/t26-,27+,32+,55-/m1/s1. The number of anilines is 1. The smallest absolute Gasteiger partial charge is 0.408 e. The summed E-state index contributed by atoms with van der Waals surface area (Å²) < 4.78 is 44.4. The van der Waals surface area contributed by atoms with Crippen molar-refractivity contribution in [2.24, 2.45) is 5.92 Å². The summed E-state index contributed by atoms with van der Waals surface area (Å²) in [5, 5.41) is 5.44. The van der Waals surface area contributed by atoms with E-state index in [2.05, 4.69) is 25.4 Å². The predicted octanol–water partition coefficient (Wildman–Crippen LogP) is 5.79. The molecule has 4 N–H and O–H groups in total. The fraction of sp³-hybridized carbons (Fsp3) is 0.474. The van der Waals surface area contributed by atoms with Crippen LogP contribution in [0.2, 0.25) is 0 Å². The lowest BCUT2D eigenvalue weighted by Gasteiger charge is -2.25. The van der Waals surface area contributed by atoms with Crippen molar-refractivity contribution in [2.45, 2.75) is 98.2 Å². The average Bonchev–Trinajstić information content (AvgIpc) is 3.57. The van der Waals surface area contributed by atoms with Crippen molar-refractivity contribution < 1.29 is 42.4 Å². The molecule has 4 atom stereocenters. The molecule has 298 valence electrons. The summed E-state index contributed by atoms with van der Waals surface area (Å²) in [5.74, 6) is -0.557. The number of amides is 1. The van der Waals surface area contributed by atoms with Crippen LogP contribution in [-0.4, -0.2) is 74.8 Å². The van der Waals surface area contributed by atoms with Crippen LogP contribution in [0, 0.1) is 5.92 Å². The third-order valence-corrected chi connectivity index (χ3v) is 10.3.